The van der Waals surface area contributed by atoms with Gasteiger partial charge >= 0.3 is 0 Å². The van der Waals surface area contributed by atoms with Crippen LogP contribution in [0.3, 0.4) is 0 Å². The molecular weight excluding hydrogens is 475 g/mol. The number of halogens is 2. The Balaban J connectivity index is 1.33. The zero-order chi connectivity index (χ0) is 24.1. The number of rotatable bonds is 4. The van der Waals surface area contributed by atoms with Crippen LogP contribution in [-0.4, -0.2) is 48.0 Å². The summed E-state index contributed by atoms with van der Waals surface area (Å²) < 4.78 is 13.8. The maximum atomic E-state index is 13.8. The normalized spacial score (nSPS) is 13.4. The van der Waals surface area contributed by atoms with Gasteiger partial charge in [0, 0.05) is 37.4 Å². The van der Waals surface area contributed by atoms with Crippen molar-refractivity contribution >= 4 is 52.1 Å². The standard InChI is InChI=1S/C25H22ClFN4O2S/c26-20-16-18(28-25(34)29-23(32)19-8-4-5-9-21(19)27)10-11-22(20)30-12-14-31(15-13-30)24(33)17-6-2-1-3-7-17/h1-11,16H,12-15H2,(H2,28,29,32,34). The molecule has 1 heterocycles. The number of nitrogens with one attached hydrogen (secondary N) is 2. The first-order valence-corrected chi connectivity index (χ1v) is 11.5. The molecule has 174 valence electrons. The quantitative estimate of drug-likeness (QED) is 0.518. The highest BCUT2D eigenvalue weighted by Gasteiger charge is 2.23. The molecular formula is C25H22ClFN4O2S. The average molecular weight is 497 g/mol. The van der Waals surface area contributed by atoms with Crippen LogP contribution in [0.1, 0.15) is 20.7 Å². The second-order valence-corrected chi connectivity index (χ2v) is 8.52. The summed E-state index contributed by atoms with van der Waals surface area (Å²) >= 11 is 11.7. The van der Waals surface area contributed by atoms with Crippen LogP contribution >= 0.6 is 23.8 Å². The Bertz CT molecular complexity index is 1220. The first-order chi connectivity index (χ1) is 16.4. The molecule has 0 bridgehead atoms. The lowest BCUT2D eigenvalue weighted by Gasteiger charge is -2.36. The lowest BCUT2D eigenvalue weighted by molar-refractivity contribution is 0.0746. The molecule has 2 amide bonds. The van der Waals surface area contributed by atoms with E-state index in [4.69, 9.17) is 23.8 Å². The van der Waals surface area contributed by atoms with Gasteiger partial charge in [-0.1, -0.05) is 41.9 Å². The number of anilines is 2. The molecule has 4 rings (SSSR count). The number of hydrogen-bond acceptors (Lipinski definition) is 4. The minimum atomic E-state index is -0.638. The number of amides is 2. The van der Waals surface area contributed by atoms with E-state index < -0.39 is 11.7 Å². The Morgan fingerprint density at radius 2 is 1.59 bits per heavy atom. The molecule has 0 aliphatic carbocycles. The number of thiocarbonyl (C=S) groups is 1. The Labute approximate surface area is 207 Å². The molecule has 0 spiro atoms. The first kappa shape index (κ1) is 23.7. The molecule has 3 aromatic carbocycles. The van der Waals surface area contributed by atoms with Crippen molar-refractivity contribution in [2.45, 2.75) is 0 Å². The summed E-state index contributed by atoms with van der Waals surface area (Å²) in [6.45, 7) is 2.50. The summed E-state index contributed by atoms with van der Waals surface area (Å²) in [6.07, 6.45) is 0. The fourth-order valence-electron chi connectivity index (χ4n) is 3.73. The second kappa shape index (κ2) is 10.6. The summed E-state index contributed by atoms with van der Waals surface area (Å²) in [7, 11) is 0. The van der Waals surface area contributed by atoms with Crippen molar-refractivity contribution in [1.82, 2.24) is 10.2 Å². The van der Waals surface area contributed by atoms with Crippen molar-refractivity contribution in [2.75, 3.05) is 36.4 Å². The van der Waals surface area contributed by atoms with Gasteiger partial charge in [0.1, 0.15) is 5.82 Å². The van der Waals surface area contributed by atoms with E-state index in [0.717, 1.165) is 5.69 Å². The number of hydrogen-bond donors (Lipinski definition) is 2. The van der Waals surface area contributed by atoms with Crippen molar-refractivity contribution in [1.29, 1.82) is 0 Å². The summed E-state index contributed by atoms with van der Waals surface area (Å²) in [5.41, 5.74) is 2.03. The number of benzene rings is 3. The van der Waals surface area contributed by atoms with Crippen LogP contribution in [0.4, 0.5) is 15.8 Å². The highest BCUT2D eigenvalue weighted by molar-refractivity contribution is 7.80. The van der Waals surface area contributed by atoms with Crippen molar-refractivity contribution in [3.05, 3.63) is 94.8 Å². The SMILES string of the molecule is O=C(NC(=S)Nc1ccc(N2CCN(C(=O)c3ccccc3)CC2)c(Cl)c1)c1ccccc1F. The topological polar surface area (TPSA) is 64.7 Å². The second-order valence-electron chi connectivity index (χ2n) is 7.70. The minimum Gasteiger partial charge on any atom is -0.367 e. The zero-order valence-electron chi connectivity index (χ0n) is 18.1. The third kappa shape index (κ3) is 5.52. The van der Waals surface area contributed by atoms with Gasteiger partial charge in [0.15, 0.2) is 5.11 Å². The molecule has 1 saturated heterocycles. The van der Waals surface area contributed by atoms with Crippen molar-refractivity contribution < 1.29 is 14.0 Å². The molecule has 9 heteroatoms. The Morgan fingerprint density at radius 3 is 2.26 bits per heavy atom. The highest BCUT2D eigenvalue weighted by atomic mass is 35.5. The molecule has 2 N–H and O–H groups in total. The summed E-state index contributed by atoms with van der Waals surface area (Å²) in [4.78, 5) is 28.8. The van der Waals surface area contributed by atoms with E-state index in [0.29, 0.717) is 42.5 Å². The van der Waals surface area contributed by atoms with Gasteiger partial charge in [0.2, 0.25) is 0 Å². The van der Waals surface area contributed by atoms with Crippen LogP contribution in [-0.2, 0) is 0 Å². The molecule has 1 fully saturated rings. The summed E-state index contributed by atoms with van der Waals surface area (Å²) in [5, 5.41) is 5.90. The molecule has 0 radical (unpaired) electrons. The van der Waals surface area contributed by atoms with Gasteiger partial charge in [0.25, 0.3) is 11.8 Å². The van der Waals surface area contributed by atoms with Crippen LogP contribution in [0, 0.1) is 5.82 Å². The Morgan fingerprint density at radius 1 is 0.912 bits per heavy atom. The predicted molar refractivity (Wildman–Crippen MR) is 136 cm³/mol. The van der Waals surface area contributed by atoms with E-state index in [2.05, 4.69) is 15.5 Å². The smallest absolute Gasteiger partial charge is 0.260 e. The van der Waals surface area contributed by atoms with Gasteiger partial charge in [-0.25, -0.2) is 4.39 Å². The van der Waals surface area contributed by atoms with Crippen LogP contribution in [0.2, 0.25) is 5.02 Å². The lowest BCUT2D eigenvalue weighted by Crippen LogP contribution is -2.48. The first-order valence-electron chi connectivity index (χ1n) is 10.7. The average Bonchev–Trinajstić information content (AvgIpc) is 2.84. The van der Waals surface area contributed by atoms with Crippen LogP contribution in [0.25, 0.3) is 0 Å². The third-order valence-electron chi connectivity index (χ3n) is 5.48. The van der Waals surface area contributed by atoms with Crippen LogP contribution < -0.4 is 15.5 Å². The number of carbonyl (C=O) groups excluding carboxylic acids is 2. The van der Waals surface area contributed by atoms with Gasteiger partial charge in [-0.05, 0) is 54.7 Å². The number of nitrogens with zero attached hydrogens (tertiary/aromatic N) is 2. The zero-order valence-corrected chi connectivity index (χ0v) is 19.7. The van der Waals surface area contributed by atoms with Gasteiger partial charge in [-0.15, -0.1) is 0 Å². The maximum absolute atomic E-state index is 13.8. The van der Waals surface area contributed by atoms with Gasteiger partial charge in [-0.3, -0.25) is 14.9 Å². The van der Waals surface area contributed by atoms with E-state index in [-0.39, 0.29) is 16.6 Å². The van der Waals surface area contributed by atoms with E-state index in [1.807, 2.05) is 41.3 Å². The van der Waals surface area contributed by atoms with E-state index in [1.54, 1.807) is 18.2 Å². The molecule has 0 unspecified atom stereocenters. The van der Waals surface area contributed by atoms with Gasteiger partial charge in [0.05, 0.1) is 16.3 Å². The fourth-order valence-corrected chi connectivity index (χ4v) is 4.24. The number of piperazine rings is 1. The maximum Gasteiger partial charge on any atom is 0.260 e. The van der Waals surface area contributed by atoms with Crippen molar-refractivity contribution in [2.24, 2.45) is 0 Å². The van der Waals surface area contributed by atoms with Gasteiger partial charge in [-0.2, -0.15) is 0 Å². The predicted octanol–water partition coefficient (Wildman–Crippen LogP) is 4.57. The lowest BCUT2D eigenvalue weighted by atomic mass is 10.1. The molecule has 3 aromatic rings. The van der Waals surface area contributed by atoms with E-state index >= 15 is 0 Å². The summed E-state index contributed by atoms with van der Waals surface area (Å²) in [5.74, 6) is -1.24. The van der Waals surface area contributed by atoms with Crippen molar-refractivity contribution in [3.63, 3.8) is 0 Å². The van der Waals surface area contributed by atoms with Crippen molar-refractivity contribution in [3.8, 4) is 0 Å². The van der Waals surface area contributed by atoms with Gasteiger partial charge < -0.3 is 15.1 Å². The fraction of sp³-hybridized carbons (Fsp3) is 0.160. The Kier molecular flexibility index (Phi) is 7.40. The molecule has 0 atom stereocenters. The summed E-state index contributed by atoms with van der Waals surface area (Å²) in [6, 6.07) is 20.3. The minimum absolute atomic E-state index is 0.0249. The molecule has 6 nitrogen and oxygen atoms in total. The highest BCUT2D eigenvalue weighted by Crippen LogP contribution is 2.30. The third-order valence-corrected chi connectivity index (χ3v) is 5.99. The number of carbonyl (C=O) groups is 2. The molecule has 0 saturated carbocycles. The molecule has 34 heavy (non-hydrogen) atoms. The Hall–Kier alpha value is -3.49. The monoisotopic (exact) mass is 496 g/mol. The van der Waals surface area contributed by atoms with E-state index in [9.17, 15) is 14.0 Å². The molecule has 1 aliphatic heterocycles. The molecule has 0 aromatic heterocycles. The van der Waals surface area contributed by atoms with Crippen LogP contribution in [0.15, 0.2) is 72.8 Å². The van der Waals surface area contributed by atoms with Crippen LogP contribution in [0.5, 0.6) is 0 Å². The molecule has 1 aliphatic rings. The van der Waals surface area contributed by atoms with E-state index in [1.165, 1.54) is 18.2 Å². The largest absolute Gasteiger partial charge is 0.367 e.